The minimum absolute atomic E-state index is 0.387. The Hall–Kier alpha value is -0.860. The van der Waals surface area contributed by atoms with Gasteiger partial charge in [-0.3, -0.25) is 0 Å². The van der Waals surface area contributed by atoms with Gasteiger partial charge >= 0.3 is 0 Å². The van der Waals surface area contributed by atoms with Crippen molar-refractivity contribution in [2.45, 2.75) is 45.8 Å². The first kappa shape index (κ1) is 13.6. The molecule has 0 saturated carbocycles. The number of rotatable bonds is 5. The van der Waals surface area contributed by atoms with Crippen molar-refractivity contribution in [3.05, 3.63) is 35.4 Å². The summed E-state index contributed by atoms with van der Waals surface area (Å²) in [6.45, 7) is 8.54. The van der Waals surface area contributed by atoms with Crippen LogP contribution in [0, 0.1) is 12.8 Å². The zero-order valence-corrected chi connectivity index (χ0v) is 11.8. The van der Waals surface area contributed by atoms with Crippen LogP contribution in [0.4, 0.5) is 0 Å². The molecule has 1 aromatic rings. The zero-order valence-electron chi connectivity index (χ0n) is 11.8. The Morgan fingerprint density at radius 3 is 2.78 bits per heavy atom. The topological polar surface area (TPSA) is 21.3 Å². The second kappa shape index (κ2) is 6.35. The van der Waals surface area contributed by atoms with Gasteiger partial charge in [0.25, 0.3) is 0 Å². The largest absolute Gasteiger partial charge is 0.378 e. The first-order chi connectivity index (χ1) is 8.72. The van der Waals surface area contributed by atoms with E-state index in [-0.39, 0.29) is 0 Å². The fraction of sp³-hybridized carbons (Fsp3) is 0.625. The van der Waals surface area contributed by atoms with Crippen LogP contribution in [-0.2, 0) is 11.2 Å². The van der Waals surface area contributed by atoms with Crippen LogP contribution < -0.4 is 5.32 Å². The molecule has 0 amide bonds. The number of benzene rings is 1. The van der Waals surface area contributed by atoms with Crippen molar-refractivity contribution < 1.29 is 4.74 Å². The number of likely N-dealkylation sites (N-methyl/N-ethyl adjacent to an activating group) is 1. The van der Waals surface area contributed by atoms with Gasteiger partial charge in [-0.05, 0) is 44.4 Å². The van der Waals surface area contributed by atoms with E-state index >= 15 is 0 Å². The molecule has 1 heterocycles. The Labute approximate surface area is 111 Å². The highest BCUT2D eigenvalue weighted by molar-refractivity contribution is 5.26. The van der Waals surface area contributed by atoms with E-state index in [4.69, 9.17) is 4.74 Å². The number of aryl methyl sites for hydroxylation is 1. The lowest BCUT2D eigenvalue weighted by atomic mass is 9.88. The molecule has 100 valence electrons. The van der Waals surface area contributed by atoms with Gasteiger partial charge in [-0.2, -0.15) is 0 Å². The predicted molar refractivity (Wildman–Crippen MR) is 75.9 cm³/mol. The van der Waals surface area contributed by atoms with Crippen LogP contribution >= 0.6 is 0 Å². The van der Waals surface area contributed by atoms with Crippen molar-refractivity contribution in [1.29, 1.82) is 0 Å². The molecule has 1 fully saturated rings. The molecule has 2 nitrogen and oxygen atoms in total. The molecule has 1 N–H and O–H groups in total. The summed E-state index contributed by atoms with van der Waals surface area (Å²) in [5.74, 6) is 0.643. The Kier molecular flexibility index (Phi) is 4.79. The molecule has 1 aliphatic heterocycles. The molecule has 3 unspecified atom stereocenters. The molecule has 2 heteroatoms. The third-order valence-corrected chi connectivity index (χ3v) is 4.12. The molecule has 0 aliphatic carbocycles. The summed E-state index contributed by atoms with van der Waals surface area (Å²) < 4.78 is 5.72. The molecular formula is C16H25NO. The molecule has 1 saturated heterocycles. The maximum Gasteiger partial charge on any atom is 0.0590 e. The normalized spacial score (nSPS) is 25.3. The summed E-state index contributed by atoms with van der Waals surface area (Å²) in [5, 5.41) is 3.65. The maximum atomic E-state index is 5.72. The average molecular weight is 247 g/mol. The average Bonchev–Trinajstić information content (AvgIpc) is 2.78. The van der Waals surface area contributed by atoms with Crippen molar-refractivity contribution in [3.8, 4) is 0 Å². The third kappa shape index (κ3) is 3.12. The first-order valence-electron chi connectivity index (χ1n) is 7.12. The van der Waals surface area contributed by atoms with Gasteiger partial charge in [0.2, 0.25) is 0 Å². The molecule has 3 atom stereocenters. The standard InChI is InChI=1S/C16H25NO/c1-4-17-16(15-9-10-18-13(15)3)11-14-8-6-5-7-12(14)2/h5-8,13,15-17H,4,9-11H2,1-3H3. The monoisotopic (exact) mass is 247 g/mol. The van der Waals surface area contributed by atoms with E-state index in [1.807, 2.05) is 0 Å². The number of hydrogen-bond donors (Lipinski definition) is 1. The Morgan fingerprint density at radius 1 is 1.39 bits per heavy atom. The van der Waals surface area contributed by atoms with Crippen molar-refractivity contribution in [1.82, 2.24) is 5.32 Å². The maximum absolute atomic E-state index is 5.72. The van der Waals surface area contributed by atoms with Crippen LogP contribution in [0.2, 0.25) is 0 Å². The Bertz CT molecular complexity index is 377. The van der Waals surface area contributed by atoms with Gasteiger partial charge in [0.1, 0.15) is 0 Å². The second-order valence-electron chi connectivity index (χ2n) is 5.32. The number of nitrogens with one attached hydrogen (secondary N) is 1. The van der Waals surface area contributed by atoms with E-state index in [0.29, 0.717) is 18.1 Å². The quantitative estimate of drug-likeness (QED) is 0.864. The third-order valence-electron chi connectivity index (χ3n) is 4.12. The molecule has 0 radical (unpaired) electrons. The van der Waals surface area contributed by atoms with Crippen molar-refractivity contribution >= 4 is 0 Å². The van der Waals surface area contributed by atoms with E-state index in [2.05, 4.69) is 50.4 Å². The van der Waals surface area contributed by atoms with E-state index in [1.165, 1.54) is 17.5 Å². The van der Waals surface area contributed by atoms with Crippen LogP contribution in [0.5, 0.6) is 0 Å². The molecule has 0 bridgehead atoms. The molecule has 1 aromatic carbocycles. The number of hydrogen-bond acceptors (Lipinski definition) is 2. The summed E-state index contributed by atoms with van der Waals surface area (Å²) in [5.41, 5.74) is 2.86. The highest BCUT2D eigenvalue weighted by Crippen LogP contribution is 2.26. The summed E-state index contributed by atoms with van der Waals surface area (Å²) in [6, 6.07) is 9.24. The van der Waals surface area contributed by atoms with Gasteiger partial charge in [-0.25, -0.2) is 0 Å². The van der Waals surface area contributed by atoms with Crippen molar-refractivity contribution in [3.63, 3.8) is 0 Å². The van der Waals surface area contributed by atoms with Crippen molar-refractivity contribution in [2.75, 3.05) is 13.2 Å². The van der Waals surface area contributed by atoms with E-state index in [1.54, 1.807) is 0 Å². The van der Waals surface area contributed by atoms with Crippen LogP contribution in [0.15, 0.2) is 24.3 Å². The van der Waals surface area contributed by atoms with Gasteiger partial charge in [-0.1, -0.05) is 31.2 Å². The fourth-order valence-corrected chi connectivity index (χ4v) is 2.99. The highest BCUT2D eigenvalue weighted by Gasteiger charge is 2.31. The minimum atomic E-state index is 0.387. The fourth-order valence-electron chi connectivity index (χ4n) is 2.99. The molecule has 1 aliphatic rings. The van der Waals surface area contributed by atoms with Gasteiger partial charge < -0.3 is 10.1 Å². The van der Waals surface area contributed by atoms with E-state index < -0.39 is 0 Å². The lowest BCUT2D eigenvalue weighted by Gasteiger charge is -2.27. The summed E-state index contributed by atoms with van der Waals surface area (Å²) in [7, 11) is 0. The van der Waals surface area contributed by atoms with Crippen LogP contribution in [0.25, 0.3) is 0 Å². The van der Waals surface area contributed by atoms with E-state index in [9.17, 15) is 0 Å². The van der Waals surface area contributed by atoms with E-state index in [0.717, 1.165) is 19.6 Å². The Balaban J connectivity index is 2.08. The smallest absolute Gasteiger partial charge is 0.0590 e. The number of ether oxygens (including phenoxy) is 1. The van der Waals surface area contributed by atoms with Crippen LogP contribution in [0.3, 0.4) is 0 Å². The van der Waals surface area contributed by atoms with Crippen molar-refractivity contribution in [2.24, 2.45) is 5.92 Å². The summed E-state index contributed by atoms with van der Waals surface area (Å²) in [4.78, 5) is 0. The second-order valence-corrected chi connectivity index (χ2v) is 5.32. The van der Waals surface area contributed by atoms with Gasteiger partial charge in [0, 0.05) is 18.6 Å². The van der Waals surface area contributed by atoms with Gasteiger partial charge in [0.05, 0.1) is 6.10 Å². The predicted octanol–water partition coefficient (Wildman–Crippen LogP) is 2.94. The van der Waals surface area contributed by atoms with Crippen LogP contribution in [0.1, 0.15) is 31.4 Å². The molecule has 2 rings (SSSR count). The van der Waals surface area contributed by atoms with Gasteiger partial charge in [0.15, 0.2) is 0 Å². The lowest BCUT2D eigenvalue weighted by Crippen LogP contribution is -2.41. The first-order valence-corrected chi connectivity index (χ1v) is 7.12. The highest BCUT2D eigenvalue weighted by atomic mass is 16.5. The van der Waals surface area contributed by atoms with Crippen LogP contribution in [-0.4, -0.2) is 25.3 Å². The SMILES string of the molecule is CCNC(Cc1ccccc1C)C1CCOC1C. The lowest BCUT2D eigenvalue weighted by molar-refractivity contribution is 0.0956. The Morgan fingerprint density at radius 2 is 2.17 bits per heavy atom. The summed E-state index contributed by atoms with van der Waals surface area (Å²) >= 11 is 0. The molecule has 0 aromatic heterocycles. The minimum Gasteiger partial charge on any atom is -0.378 e. The molecular weight excluding hydrogens is 222 g/mol. The molecule has 18 heavy (non-hydrogen) atoms. The summed E-state index contributed by atoms with van der Waals surface area (Å²) in [6.07, 6.45) is 2.68. The zero-order chi connectivity index (χ0) is 13.0. The molecule has 0 spiro atoms. The van der Waals surface area contributed by atoms with Gasteiger partial charge in [-0.15, -0.1) is 0 Å².